The quantitative estimate of drug-likeness (QED) is 0.865. The van der Waals surface area contributed by atoms with Crippen LogP contribution in [0.15, 0.2) is 16.7 Å². The van der Waals surface area contributed by atoms with Crippen LogP contribution in [0, 0.1) is 0 Å². The molecule has 0 aliphatic heterocycles. The fraction of sp³-hybridized carbons (Fsp3) is 0.545. The van der Waals surface area contributed by atoms with Gasteiger partial charge in [0.05, 0.1) is 12.1 Å². The molecule has 0 saturated heterocycles. The molecule has 0 unspecified atom stereocenters. The summed E-state index contributed by atoms with van der Waals surface area (Å²) in [6.45, 7) is 3.20. The molecule has 1 amide bonds. The molecule has 0 aromatic carbocycles. The minimum atomic E-state index is -0.00750. The van der Waals surface area contributed by atoms with E-state index in [1.54, 1.807) is 18.0 Å². The molecule has 0 spiro atoms. The number of unbranched alkanes of at least 4 members (excludes halogenated alkanes) is 1. The van der Waals surface area contributed by atoms with Gasteiger partial charge in [-0.1, -0.05) is 13.3 Å². The van der Waals surface area contributed by atoms with E-state index in [1.165, 1.54) is 6.26 Å². The van der Waals surface area contributed by atoms with Crippen molar-refractivity contribution in [2.75, 3.05) is 13.6 Å². The summed E-state index contributed by atoms with van der Waals surface area (Å²) < 4.78 is 5.12. The molecule has 0 fully saturated rings. The van der Waals surface area contributed by atoms with Crippen LogP contribution in [-0.2, 0) is 6.54 Å². The number of carbonyl (C=O) groups is 1. The summed E-state index contributed by atoms with van der Waals surface area (Å²) in [4.78, 5) is 13.5. The largest absolute Gasteiger partial charge is 0.467 e. The summed E-state index contributed by atoms with van der Waals surface area (Å²) in [5, 5.41) is 0. The standard InChI is InChI=1S/C11H18N2O2.ClH/c1-3-4-5-13(2)11(14)9-6-10(7-12)15-8-9;/h6,8H,3-5,7,12H2,1-2H3;1H. The van der Waals surface area contributed by atoms with E-state index in [0.29, 0.717) is 17.9 Å². The van der Waals surface area contributed by atoms with Crippen LogP contribution < -0.4 is 5.73 Å². The van der Waals surface area contributed by atoms with E-state index in [2.05, 4.69) is 6.92 Å². The second-order valence-corrected chi connectivity index (χ2v) is 3.59. The van der Waals surface area contributed by atoms with Crippen LogP contribution in [0.25, 0.3) is 0 Å². The van der Waals surface area contributed by atoms with Crippen molar-refractivity contribution < 1.29 is 9.21 Å². The monoisotopic (exact) mass is 246 g/mol. The first-order valence-corrected chi connectivity index (χ1v) is 5.22. The number of hydrogen-bond acceptors (Lipinski definition) is 3. The highest BCUT2D eigenvalue weighted by atomic mass is 35.5. The average molecular weight is 247 g/mol. The SMILES string of the molecule is CCCCN(C)C(=O)c1coc(CN)c1.Cl. The molecular weight excluding hydrogens is 228 g/mol. The molecule has 92 valence electrons. The minimum Gasteiger partial charge on any atom is -0.467 e. The third kappa shape index (κ3) is 3.87. The fourth-order valence-corrected chi connectivity index (χ4v) is 1.32. The van der Waals surface area contributed by atoms with Gasteiger partial charge in [-0.25, -0.2) is 0 Å². The van der Waals surface area contributed by atoms with Gasteiger partial charge < -0.3 is 15.1 Å². The Kier molecular flexibility index (Phi) is 6.85. The molecule has 0 bridgehead atoms. The Morgan fingerprint density at radius 2 is 2.25 bits per heavy atom. The van der Waals surface area contributed by atoms with Gasteiger partial charge in [-0.2, -0.15) is 0 Å². The molecule has 0 saturated carbocycles. The lowest BCUT2D eigenvalue weighted by atomic mass is 10.2. The Labute approximate surface area is 102 Å². The van der Waals surface area contributed by atoms with Crippen molar-refractivity contribution in [3.8, 4) is 0 Å². The van der Waals surface area contributed by atoms with Crippen molar-refractivity contribution in [2.45, 2.75) is 26.3 Å². The summed E-state index contributed by atoms with van der Waals surface area (Å²) in [7, 11) is 1.80. The molecule has 16 heavy (non-hydrogen) atoms. The van der Waals surface area contributed by atoms with Gasteiger partial charge in [-0.15, -0.1) is 12.4 Å². The first kappa shape index (κ1) is 15.0. The number of nitrogens with zero attached hydrogens (tertiary/aromatic N) is 1. The van der Waals surface area contributed by atoms with E-state index in [0.717, 1.165) is 19.4 Å². The zero-order valence-corrected chi connectivity index (χ0v) is 10.5. The molecule has 0 aliphatic carbocycles. The first-order chi connectivity index (χ1) is 7.19. The highest BCUT2D eigenvalue weighted by molar-refractivity contribution is 5.93. The van der Waals surface area contributed by atoms with Crippen LogP contribution in [0.3, 0.4) is 0 Å². The maximum Gasteiger partial charge on any atom is 0.256 e. The van der Waals surface area contributed by atoms with E-state index < -0.39 is 0 Å². The summed E-state index contributed by atoms with van der Waals surface area (Å²) in [5.41, 5.74) is 5.98. The van der Waals surface area contributed by atoms with E-state index in [1.807, 2.05) is 0 Å². The molecule has 0 atom stereocenters. The molecule has 1 aromatic rings. The molecule has 1 aromatic heterocycles. The van der Waals surface area contributed by atoms with Gasteiger partial charge in [-0.3, -0.25) is 4.79 Å². The van der Waals surface area contributed by atoms with Crippen molar-refractivity contribution in [1.29, 1.82) is 0 Å². The Balaban J connectivity index is 0.00000225. The van der Waals surface area contributed by atoms with Gasteiger partial charge in [0, 0.05) is 13.6 Å². The maximum atomic E-state index is 11.8. The smallest absolute Gasteiger partial charge is 0.256 e. The number of halogens is 1. The number of carbonyl (C=O) groups excluding carboxylic acids is 1. The summed E-state index contributed by atoms with van der Waals surface area (Å²) in [6.07, 6.45) is 3.56. The lowest BCUT2D eigenvalue weighted by Crippen LogP contribution is -2.27. The number of rotatable bonds is 5. The highest BCUT2D eigenvalue weighted by Gasteiger charge is 2.13. The van der Waals surface area contributed by atoms with Crippen molar-refractivity contribution >= 4 is 18.3 Å². The van der Waals surface area contributed by atoms with Crippen molar-refractivity contribution in [3.63, 3.8) is 0 Å². The Bertz CT molecular complexity index is 326. The van der Waals surface area contributed by atoms with Crippen molar-refractivity contribution in [1.82, 2.24) is 4.90 Å². The van der Waals surface area contributed by atoms with Crippen LogP contribution in [0.2, 0.25) is 0 Å². The predicted molar refractivity (Wildman–Crippen MR) is 65.7 cm³/mol. The molecule has 1 rings (SSSR count). The molecule has 2 N–H and O–H groups in total. The number of amides is 1. The molecule has 1 heterocycles. The zero-order chi connectivity index (χ0) is 11.3. The number of hydrogen-bond donors (Lipinski definition) is 1. The molecule has 4 nitrogen and oxygen atoms in total. The Morgan fingerprint density at radius 3 is 2.75 bits per heavy atom. The van der Waals surface area contributed by atoms with Gasteiger partial charge in [0.2, 0.25) is 0 Å². The van der Waals surface area contributed by atoms with Crippen molar-refractivity contribution in [2.24, 2.45) is 5.73 Å². The van der Waals surface area contributed by atoms with Crippen LogP contribution in [-0.4, -0.2) is 24.4 Å². The first-order valence-electron chi connectivity index (χ1n) is 5.22. The molecule has 5 heteroatoms. The summed E-state index contributed by atoms with van der Waals surface area (Å²) in [6, 6.07) is 1.70. The van der Waals surface area contributed by atoms with Gasteiger partial charge in [-0.05, 0) is 12.5 Å². The van der Waals surface area contributed by atoms with Crippen LogP contribution in [0.5, 0.6) is 0 Å². The second-order valence-electron chi connectivity index (χ2n) is 3.59. The van der Waals surface area contributed by atoms with E-state index >= 15 is 0 Å². The zero-order valence-electron chi connectivity index (χ0n) is 9.73. The molecular formula is C11H19ClN2O2. The Morgan fingerprint density at radius 1 is 1.56 bits per heavy atom. The van der Waals surface area contributed by atoms with Gasteiger partial charge in [0.1, 0.15) is 12.0 Å². The maximum absolute atomic E-state index is 11.8. The number of furan rings is 1. The number of nitrogens with two attached hydrogens (primary N) is 1. The van der Waals surface area contributed by atoms with Crippen LogP contribution in [0.1, 0.15) is 35.9 Å². The van der Waals surface area contributed by atoms with Gasteiger partial charge in [0.15, 0.2) is 0 Å². The summed E-state index contributed by atoms with van der Waals surface area (Å²) in [5.74, 6) is 0.633. The topological polar surface area (TPSA) is 59.5 Å². The van der Waals surface area contributed by atoms with Gasteiger partial charge in [0.25, 0.3) is 5.91 Å². The van der Waals surface area contributed by atoms with Gasteiger partial charge >= 0.3 is 0 Å². The lowest BCUT2D eigenvalue weighted by molar-refractivity contribution is 0.0792. The Hall–Kier alpha value is -1.00. The van der Waals surface area contributed by atoms with E-state index in [4.69, 9.17) is 10.2 Å². The molecule has 0 aliphatic rings. The third-order valence-corrected chi connectivity index (χ3v) is 2.30. The van der Waals surface area contributed by atoms with E-state index in [-0.39, 0.29) is 18.3 Å². The fourth-order valence-electron chi connectivity index (χ4n) is 1.32. The lowest BCUT2D eigenvalue weighted by Gasteiger charge is -2.15. The second kappa shape index (κ2) is 7.30. The van der Waals surface area contributed by atoms with Crippen LogP contribution >= 0.6 is 12.4 Å². The predicted octanol–water partition coefficient (Wildman–Crippen LogP) is 2.03. The average Bonchev–Trinajstić information content (AvgIpc) is 2.73. The minimum absolute atomic E-state index is 0. The highest BCUT2D eigenvalue weighted by Crippen LogP contribution is 2.09. The van der Waals surface area contributed by atoms with E-state index in [9.17, 15) is 4.79 Å². The van der Waals surface area contributed by atoms with Crippen molar-refractivity contribution in [3.05, 3.63) is 23.7 Å². The normalized spacial score (nSPS) is 9.69. The third-order valence-electron chi connectivity index (χ3n) is 2.30. The molecule has 0 radical (unpaired) electrons. The van der Waals surface area contributed by atoms with Crippen LogP contribution in [0.4, 0.5) is 0 Å². The summed E-state index contributed by atoms with van der Waals surface area (Å²) >= 11 is 0.